The first-order valence-corrected chi connectivity index (χ1v) is 10.9. The SMILES string of the molecule is COc1cccc(C2/C(=C(/O)c3cccc4ccccc34)C(=O)C(=O)N2CCOC(C)C)c1. The molecule has 1 aliphatic rings. The Kier molecular flexibility index (Phi) is 6.47. The number of ether oxygens (including phenoxy) is 2. The second-order valence-corrected chi connectivity index (χ2v) is 8.22. The third-order valence-electron chi connectivity index (χ3n) is 5.78. The van der Waals surface area contributed by atoms with Gasteiger partial charge in [0, 0.05) is 12.1 Å². The molecule has 0 spiro atoms. The summed E-state index contributed by atoms with van der Waals surface area (Å²) in [7, 11) is 1.56. The lowest BCUT2D eigenvalue weighted by molar-refractivity contribution is -0.140. The summed E-state index contributed by atoms with van der Waals surface area (Å²) in [5.41, 5.74) is 1.26. The van der Waals surface area contributed by atoms with E-state index < -0.39 is 17.7 Å². The summed E-state index contributed by atoms with van der Waals surface area (Å²) < 4.78 is 11.0. The van der Waals surface area contributed by atoms with Gasteiger partial charge in [0.2, 0.25) is 0 Å². The molecule has 1 heterocycles. The predicted molar refractivity (Wildman–Crippen MR) is 127 cm³/mol. The molecule has 1 saturated heterocycles. The highest BCUT2D eigenvalue weighted by atomic mass is 16.5. The Labute approximate surface area is 193 Å². The normalized spacial score (nSPS) is 17.8. The quantitative estimate of drug-likeness (QED) is 0.324. The summed E-state index contributed by atoms with van der Waals surface area (Å²) in [4.78, 5) is 27.8. The van der Waals surface area contributed by atoms with Crippen molar-refractivity contribution in [3.05, 3.63) is 83.4 Å². The molecule has 33 heavy (non-hydrogen) atoms. The van der Waals surface area contributed by atoms with Crippen molar-refractivity contribution in [2.45, 2.75) is 26.0 Å². The lowest BCUT2D eigenvalue weighted by Crippen LogP contribution is -2.33. The summed E-state index contributed by atoms with van der Waals surface area (Å²) in [6.07, 6.45) is -0.00669. The second-order valence-electron chi connectivity index (χ2n) is 8.22. The van der Waals surface area contributed by atoms with Crippen LogP contribution in [-0.2, 0) is 14.3 Å². The van der Waals surface area contributed by atoms with E-state index >= 15 is 0 Å². The summed E-state index contributed by atoms with van der Waals surface area (Å²) in [5, 5.41) is 13.1. The summed E-state index contributed by atoms with van der Waals surface area (Å²) >= 11 is 0. The number of aliphatic hydroxyl groups is 1. The van der Waals surface area contributed by atoms with Crippen molar-refractivity contribution in [3.8, 4) is 5.75 Å². The van der Waals surface area contributed by atoms with Gasteiger partial charge in [0.05, 0.1) is 31.4 Å². The van der Waals surface area contributed by atoms with Crippen LogP contribution < -0.4 is 4.74 Å². The van der Waals surface area contributed by atoms with E-state index in [4.69, 9.17) is 9.47 Å². The number of fused-ring (bicyclic) bond motifs is 1. The molecule has 0 radical (unpaired) electrons. The van der Waals surface area contributed by atoms with E-state index in [1.165, 1.54) is 4.90 Å². The van der Waals surface area contributed by atoms with Crippen molar-refractivity contribution in [2.75, 3.05) is 20.3 Å². The monoisotopic (exact) mass is 445 g/mol. The molecule has 0 aliphatic carbocycles. The minimum atomic E-state index is -0.755. The molecule has 3 aromatic rings. The first-order valence-electron chi connectivity index (χ1n) is 10.9. The van der Waals surface area contributed by atoms with Gasteiger partial charge >= 0.3 is 0 Å². The molecule has 1 fully saturated rings. The zero-order chi connectivity index (χ0) is 23.5. The predicted octanol–water partition coefficient (Wildman–Crippen LogP) is 4.70. The average molecular weight is 446 g/mol. The molecular weight excluding hydrogens is 418 g/mol. The van der Waals surface area contributed by atoms with Crippen LogP contribution in [0.25, 0.3) is 16.5 Å². The summed E-state index contributed by atoms with van der Waals surface area (Å²) in [6.45, 7) is 4.32. The van der Waals surface area contributed by atoms with Crippen LogP contribution in [0.1, 0.15) is 31.0 Å². The van der Waals surface area contributed by atoms with E-state index in [1.54, 1.807) is 31.4 Å². The van der Waals surface area contributed by atoms with Crippen molar-refractivity contribution in [2.24, 2.45) is 0 Å². The van der Waals surface area contributed by atoms with Crippen LogP contribution in [0.2, 0.25) is 0 Å². The number of hydrogen-bond donors (Lipinski definition) is 1. The minimum Gasteiger partial charge on any atom is -0.507 e. The molecule has 0 bridgehead atoms. The summed E-state index contributed by atoms with van der Waals surface area (Å²) in [6, 6.07) is 19.6. The van der Waals surface area contributed by atoms with Gasteiger partial charge in [-0.1, -0.05) is 54.6 Å². The number of rotatable bonds is 7. The number of methoxy groups -OCH3 is 1. The maximum atomic E-state index is 13.2. The number of benzene rings is 3. The summed E-state index contributed by atoms with van der Waals surface area (Å²) in [5.74, 6) is -0.957. The van der Waals surface area contributed by atoms with E-state index in [-0.39, 0.29) is 30.6 Å². The molecular formula is C27H27NO5. The number of likely N-dealkylation sites (tertiary alicyclic amines) is 1. The van der Waals surface area contributed by atoms with Gasteiger partial charge in [-0.2, -0.15) is 0 Å². The molecule has 6 heteroatoms. The Morgan fingerprint density at radius 1 is 1.03 bits per heavy atom. The fourth-order valence-electron chi connectivity index (χ4n) is 4.23. The van der Waals surface area contributed by atoms with E-state index in [0.717, 1.165) is 10.8 Å². The van der Waals surface area contributed by atoms with Crippen LogP contribution in [0.4, 0.5) is 0 Å². The third-order valence-corrected chi connectivity index (χ3v) is 5.78. The standard InChI is InChI=1S/C27H27NO5/c1-17(2)33-15-14-28-24(19-10-6-11-20(16-19)32-3)23(26(30)27(28)31)25(29)22-13-7-9-18-8-4-5-12-21(18)22/h4-13,16-17,24,29H,14-15H2,1-3H3/b25-23-. The van der Waals surface area contributed by atoms with Crippen LogP contribution in [0.3, 0.4) is 0 Å². The highest BCUT2D eigenvalue weighted by Crippen LogP contribution is 2.41. The van der Waals surface area contributed by atoms with Crippen LogP contribution >= 0.6 is 0 Å². The molecule has 1 atom stereocenters. The zero-order valence-electron chi connectivity index (χ0n) is 18.9. The molecule has 1 amide bonds. The minimum absolute atomic E-state index is 0.00669. The maximum absolute atomic E-state index is 13.2. The number of carbonyl (C=O) groups excluding carboxylic acids is 2. The Morgan fingerprint density at radius 2 is 1.76 bits per heavy atom. The topological polar surface area (TPSA) is 76.1 Å². The van der Waals surface area contributed by atoms with Crippen molar-refractivity contribution in [1.82, 2.24) is 4.90 Å². The molecule has 1 unspecified atom stereocenters. The van der Waals surface area contributed by atoms with E-state index in [2.05, 4.69) is 0 Å². The van der Waals surface area contributed by atoms with Gasteiger partial charge in [0.25, 0.3) is 11.7 Å². The van der Waals surface area contributed by atoms with Gasteiger partial charge in [0.1, 0.15) is 11.5 Å². The van der Waals surface area contributed by atoms with Crippen LogP contribution in [0, 0.1) is 0 Å². The van der Waals surface area contributed by atoms with Gasteiger partial charge < -0.3 is 19.5 Å². The third kappa shape index (κ3) is 4.34. The number of Topliss-reactive ketones (excluding diaryl/α,β-unsaturated/α-hetero) is 1. The number of amides is 1. The largest absolute Gasteiger partial charge is 0.507 e. The van der Waals surface area contributed by atoms with E-state index in [9.17, 15) is 14.7 Å². The number of hydrogen-bond acceptors (Lipinski definition) is 5. The molecule has 6 nitrogen and oxygen atoms in total. The fraction of sp³-hybridized carbons (Fsp3) is 0.259. The van der Waals surface area contributed by atoms with Crippen molar-refractivity contribution in [3.63, 3.8) is 0 Å². The molecule has 0 saturated carbocycles. The first kappa shape index (κ1) is 22.6. The lowest BCUT2D eigenvalue weighted by atomic mass is 9.93. The highest BCUT2D eigenvalue weighted by molar-refractivity contribution is 6.46. The van der Waals surface area contributed by atoms with Crippen molar-refractivity contribution >= 4 is 28.2 Å². The fourth-order valence-corrected chi connectivity index (χ4v) is 4.23. The highest BCUT2D eigenvalue weighted by Gasteiger charge is 2.46. The molecule has 1 aliphatic heterocycles. The maximum Gasteiger partial charge on any atom is 0.295 e. The lowest BCUT2D eigenvalue weighted by Gasteiger charge is -2.26. The van der Waals surface area contributed by atoms with Gasteiger partial charge in [-0.25, -0.2) is 0 Å². The number of aliphatic hydroxyl groups excluding tert-OH is 1. The molecule has 3 aromatic carbocycles. The van der Waals surface area contributed by atoms with Crippen molar-refractivity contribution in [1.29, 1.82) is 0 Å². The Bertz CT molecular complexity index is 1220. The molecule has 170 valence electrons. The first-order chi connectivity index (χ1) is 15.9. The Balaban J connectivity index is 1.88. The molecule has 1 N–H and O–H groups in total. The van der Waals surface area contributed by atoms with E-state index in [1.807, 2.05) is 56.3 Å². The zero-order valence-corrected chi connectivity index (χ0v) is 18.9. The van der Waals surface area contributed by atoms with Crippen LogP contribution in [0.15, 0.2) is 72.3 Å². The van der Waals surface area contributed by atoms with Crippen LogP contribution in [-0.4, -0.2) is 48.1 Å². The van der Waals surface area contributed by atoms with Crippen LogP contribution in [0.5, 0.6) is 5.75 Å². The number of nitrogens with zero attached hydrogens (tertiary/aromatic N) is 1. The second kappa shape index (κ2) is 9.46. The van der Waals surface area contributed by atoms with Gasteiger partial charge in [-0.05, 0) is 42.3 Å². The Hall–Kier alpha value is -3.64. The van der Waals surface area contributed by atoms with Gasteiger partial charge in [0.15, 0.2) is 0 Å². The van der Waals surface area contributed by atoms with E-state index in [0.29, 0.717) is 16.9 Å². The smallest absolute Gasteiger partial charge is 0.295 e. The molecule has 4 rings (SSSR count). The average Bonchev–Trinajstić information content (AvgIpc) is 3.08. The molecule has 0 aromatic heterocycles. The van der Waals surface area contributed by atoms with Crippen molar-refractivity contribution < 1.29 is 24.2 Å². The van der Waals surface area contributed by atoms with Gasteiger partial charge in [-0.15, -0.1) is 0 Å². The number of carbonyl (C=O) groups is 2. The van der Waals surface area contributed by atoms with Gasteiger partial charge in [-0.3, -0.25) is 9.59 Å². The Morgan fingerprint density at radius 3 is 2.52 bits per heavy atom. The number of ketones is 1.